The smallest absolute Gasteiger partial charge is 0.0314 e. The highest BCUT2D eigenvalue weighted by molar-refractivity contribution is 9.10. The summed E-state index contributed by atoms with van der Waals surface area (Å²) in [6, 6.07) is 2.17. The second kappa shape index (κ2) is 4.98. The van der Waals surface area contributed by atoms with Gasteiger partial charge in [-0.1, -0.05) is 12.8 Å². The van der Waals surface area contributed by atoms with E-state index in [4.69, 9.17) is 0 Å². The molecule has 1 aliphatic rings. The number of thiophene rings is 1. The van der Waals surface area contributed by atoms with Gasteiger partial charge in [0.1, 0.15) is 0 Å². The summed E-state index contributed by atoms with van der Waals surface area (Å²) in [5, 5.41) is 5.55. The Balaban J connectivity index is 2.10. The van der Waals surface area contributed by atoms with Gasteiger partial charge in [0.15, 0.2) is 0 Å². The summed E-state index contributed by atoms with van der Waals surface area (Å²) >= 11 is 5.52. The number of nitrogens with one attached hydrogen (secondary N) is 1. The van der Waals surface area contributed by atoms with E-state index < -0.39 is 0 Å². The van der Waals surface area contributed by atoms with Crippen LogP contribution in [0, 0.1) is 5.41 Å². The van der Waals surface area contributed by atoms with Gasteiger partial charge in [-0.05, 0) is 59.1 Å². The SMILES string of the molecule is CNCC1(Cc2sccc2Br)CCCC1. The molecule has 1 aliphatic carbocycles. The molecule has 0 saturated heterocycles. The molecule has 0 bridgehead atoms. The third-order valence-corrected chi connectivity index (χ3v) is 5.37. The second-order valence-electron chi connectivity index (χ2n) is 4.61. The summed E-state index contributed by atoms with van der Waals surface area (Å²) in [7, 11) is 2.07. The van der Waals surface area contributed by atoms with Crippen LogP contribution in [-0.4, -0.2) is 13.6 Å². The van der Waals surface area contributed by atoms with E-state index in [2.05, 4.69) is 39.7 Å². The zero-order valence-electron chi connectivity index (χ0n) is 9.18. The first-order valence-corrected chi connectivity index (χ1v) is 7.29. The van der Waals surface area contributed by atoms with Gasteiger partial charge in [-0.25, -0.2) is 0 Å². The number of hydrogen-bond donors (Lipinski definition) is 1. The monoisotopic (exact) mass is 287 g/mol. The molecule has 84 valence electrons. The summed E-state index contributed by atoms with van der Waals surface area (Å²) in [5.74, 6) is 0. The Labute approximate surface area is 104 Å². The van der Waals surface area contributed by atoms with Gasteiger partial charge in [-0.3, -0.25) is 0 Å². The molecule has 1 fully saturated rings. The third-order valence-electron chi connectivity index (χ3n) is 3.44. The topological polar surface area (TPSA) is 12.0 Å². The molecule has 1 heterocycles. The maximum absolute atomic E-state index is 3.64. The van der Waals surface area contributed by atoms with Crippen LogP contribution < -0.4 is 5.32 Å². The van der Waals surface area contributed by atoms with Crippen molar-refractivity contribution in [1.82, 2.24) is 5.32 Å². The van der Waals surface area contributed by atoms with Gasteiger partial charge >= 0.3 is 0 Å². The Morgan fingerprint density at radius 2 is 2.20 bits per heavy atom. The van der Waals surface area contributed by atoms with Gasteiger partial charge in [0.2, 0.25) is 0 Å². The molecule has 0 amide bonds. The summed E-state index contributed by atoms with van der Waals surface area (Å²) in [4.78, 5) is 1.52. The van der Waals surface area contributed by atoms with Gasteiger partial charge < -0.3 is 5.32 Å². The fraction of sp³-hybridized carbons (Fsp3) is 0.667. The van der Waals surface area contributed by atoms with E-state index in [9.17, 15) is 0 Å². The quantitative estimate of drug-likeness (QED) is 0.887. The minimum atomic E-state index is 0.530. The summed E-state index contributed by atoms with van der Waals surface area (Å²) in [6.07, 6.45) is 6.83. The number of rotatable bonds is 4. The van der Waals surface area contributed by atoms with Crippen molar-refractivity contribution in [3.8, 4) is 0 Å². The first-order chi connectivity index (χ1) is 7.26. The summed E-state index contributed by atoms with van der Waals surface area (Å²) in [6.45, 7) is 1.16. The normalized spacial score (nSPS) is 19.6. The molecule has 1 nitrogen and oxygen atoms in total. The van der Waals surface area contributed by atoms with Crippen LogP contribution in [0.2, 0.25) is 0 Å². The van der Waals surface area contributed by atoms with E-state index >= 15 is 0 Å². The van der Waals surface area contributed by atoms with Crippen molar-refractivity contribution in [1.29, 1.82) is 0 Å². The maximum atomic E-state index is 3.64. The lowest BCUT2D eigenvalue weighted by molar-refractivity contribution is 0.287. The molecule has 1 aromatic heterocycles. The lowest BCUT2D eigenvalue weighted by atomic mass is 9.82. The molecule has 0 atom stereocenters. The van der Waals surface area contributed by atoms with Crippen molar-refractivity contribution < 1.29 is 0 Å². The van der Waals surface area contributed by atoms with E-state index in [1.165, 1.54) is 41.5 Å². The van der Waals surface area contributed by atoms with E-state index in [1.54, 1.807) is 0 Å². The molecule has 0 aliphatic heterocycles. The molecule has 0 unspecified atom stereocenters. The first-order valence-electron chi connectivity index (χ1n) is 5.62. The fourth-order valence-corrected chi connectivity index (χ4v) is 4.37. The minimum absolute atomic E-state index is 0.530. The van der Waals surface area contributed by atoms with E-state index in [0.29, 0.717) is 5.41 Å². The lowest BCUT2D eigenvalue weighted by Crippen LogP contribution is -2.31. The molecule has 15 heavy (non-hydrogen) atoms. The van der Waals surface area contributed by atoms with Crippen molar-refractivity contribution in [2.45, 2.75) is 32.1 Å². The van der Waals surface area contributed by atoms with Crippen LogP contribution in [0.1, 0.15) is 30.6 Å². The van der Waals surface area contributed by atoms with Crippen LogP contribution in [0.5, 0.6) is 0 Å². The number of halogens is 1. The van der Waals surface area contributed by atoms with Crippen LogP contribution in [-0.2, 0) is 6.42 Å². The predicted molar refractivity (Wildman–Crippen MR) is 70.6 cm³/mol. The van der Waals surface area contributed by atoms with E-state index in [-0.39, 0.29) is 0 Å². The van der Waals surface area contributed by atoms with Gasteiger partial charge in [-0.15, -0.1) is 11.3 Å². The van der Waals surface area contributed by atoms with Gasteiger partial charge in [0, 0.05) is 15.9 Å². The molecule has 0 radical (unpaired) electrons. The third kappa shape index (κ3) is 2.63. The second-order valence-corrected chi connectivity index (χ2v) is 6.46. The summed E-state index contributed by atoms with van der Waals surface area (Å²) < 4.78 is 1.30. The summed E-state index contributed by atoms with van der Waals surface area (Å²) in [5.41, 5.74) is 0.530. The van der Waals surface area contributed by atoms with Crippen LogP contribution in [0.4, 0.5) is 0 Å². The van der Waals surface area contributed by atoms with Gasteiger partial charge in [0.25, 0.3) is 0 Å². The van der Waals surface area contributed by atoms with Crippen LogP contribution in [0.25, 0.3) is 0 Å². The molecular weight excluding hydrogens is 270 g/mol. The molecule has 1 N–H and O–H groups in total. The van der Waals surface area contributed by atoms with Gasteiger partial charge in [-0.2, -0.15) is 0 Å². The molecule has 3 heteroatoms. The fourth-order valence-electron chi connectivity index (χ4n) is 2.71. The minimum Gasteiger partial charge on any atom is -0.319 e. The predicted octanol–water partition coefficient (Wildman–Crippen LogP) is 3.83. The maximum Gasteiger partial charge on any atom is 0.0314 e. The molecule has 0 spiro atoms. The van der Waals surface area contributed by atoms with Crippen LogP contribution >= 0.6 is 27.3 Å². The molecule has 2 rings (SSSR count). The first kappa shape index (κ1) is 11.6. The number of hydrogen-bond acceptors (Lipinski definition) is 2. The highest BCUT2D eigenvalue weighted by Gasteiger charge is 2.33. The van der Waals surface area contributed by atoms with E-state index in [1.807, 2.05) is 11.3 Å². The highest BCUT2D eigenvalue weighted by Crippen LogP contribution is 2.42. The van der Waals surface area contributed by atoms with Crippen molar-refractivity contribution in [3.05, 3.63) is 20.8 Å². The molecule has 0 aromatic carbocycles. The Bertz CT molecular complexity index is 315. The van der Waals surface area contributed by atoms with Crippen molar-refractivity contribution >= 4 is 27.3 Å². The Morgan fingerprint density at radius 1 is 1.47 bits per heavy atom. The van der Waals surface area contributed by atoms with Gasteiger partial charge in [0.05, 0.1) is 0 Å². The Hall–Kier alpha value is 0.140. The van der Waals surface area contributed by atoms with Crippen LogP contribution in [0.3, 0.4) is 0 Å². The Morgan fingerprint density at radius 3 is 2.73 bits per heavy atom. The van der Waals surface area contributed by atoms with E-state index in [0.717, 1.165) is 6.54 Å². The van der Waals surface area contributed by atoms with Crippen molar-refractivity contribution in [2.75, 3.05) is 13.6 Å². The average molecular weight is 288 g/mol. The zero-order valence-corrected chi connectivity index (χ0v) is 11.6. The zero-order chi connectivity index (χ0) is 10.7. The standard InChI is InChI=1S/C12H18BrNS/c1-14-9-12(5-2-3-6-12)8-11-10(13)4-7-15-11/h4,7,14H,2-3,5-6,8-9H2,1H3. The average Bonchev–Trinajstić information content (AvgIpc) is 2.79. The molecule has 1 saturated carbocycles. The van der Waals surface area contributed by atoms with Crippen molar-refractivity contribution in [2.24, 2.45) is 5.41 Å². The van der Waals surface area contributed by atoms with Crippen molar-refractivity contribution in [3.63, 3.8) is 0 Å². The van der Waals surface area contributed by atoms with Crippen LogP contribution in [0.15, 0.2) is 15.9 Å². The molecule has 1 aromatic rings. The highest BCUT2D eigenvalue weighted by atomic mass is 79.9. The molecular formula is C12H18BrNS. The lowest BCUT2D eigenvalue weighted by Gasteiger charge is -2.28. The Kier molecular flexibility index (Phi) is 3.86. The largest absolute Gasteiger partial charge is 0.319 e.